The molecule has 2 rings (SSSR count). The molecule has 0 aliphatic heterocycles. The average Bonchev–Trinajstić information content (AvgIpc) is 2.46. The topological polar surface area (TPSA) is 85.1 Å². The van der Waals surface area contributed by atoms with Crippen LogP contribution in [-0.2, 0) is 4.74 Å². The summed E-state index contributed by atoms with van der Waals surface area (Å²) in [7, 11) is 1.66. The first-order chi connectivity index (χ1) is 10.5. The van der Waals surface area contributed by atoms with Crippen molar-refractivity contribution in [3.63, 3.8) is 0 Å². The summed E-state index contributed by atoms with van der Waals surface area (Å²) in [4.78, 5) is 8.43. The van der Waals surface area contributed by atoms with Gasteiger partial charge >= 0.3 is 0 Å². The summed E-state index contributed by atoms with van der Waals surface area (Å²) in [5.74, 6) is 1.20. The molecule has 0 saturated carbocycles. The van der Waals surface area contributed by atoms with Crippen LogP contribution in [0.1, 0.15) is 18.1 Å². The zero-order chi connectivity index (χ0) is 16.1. The largest absolute Gasteiger partial charge is 0.393 e. The van der Waals surface area contributed by atoms with Crippen LogP contribution >= 0.6 is 0 Å². The molecule has 1 heterocycles. The molecule has 0 spiro atoms. The lowest BCUT2D eigenvalue weighted by molar-refractivity contribution is 0.190. The maximum absolute atomic E-state index is 6.16. The Bertz CT molecular complexity index is 644. The normalized spacial score (nSPS) is 12.0. The fraction of sp³-hybridized carbons (Fsp3) is 0.375. The second-order valence-corrected chi connectivity index (χ2v) is 5.43. The van der Waals surface area contributed by atoms with Crippen molar-refractivity contribution in [2.45, 2.75) is 26.8 Å². The summed E-state index contributed by atoms with van der Waals surface area (Å²) in [6.45, 7) is 6.69. The summed E-state index contributed by atoms with van der Waals surface area (Å²) in [6, 6.07) is 6.29. The third-order valence-corrected chi connectivity index (χ3v) is 3.32. The number of hydrogen-bond acceptors (Lipinski definition) is 6. The summed E-state index contributed by atoms with van der Waals surface area (Å²) < 4.78 is 5.11. The van der Waals surface area contributed by atoms with Gasteiger partial charge in [-0.15, -0.1) is 0 Å². The predicted molar refractivity (Wildman–Crippen MR) is 90.6 cm³/mol. The van der Waals surface area contributed by atoms with Crippen LogP contribution in [0.3, 0.4) is 0 Å². The van der Waals surface area contributed by atoms with Crippen molar-refractivity contribution in [3.05, 3.63) is 35.7 Å². The molecule has 0 fully saturated rings. The predicted octanol–water partition coefficient (Wildman–Crippen LogP) is 2.87. The van der Waals surface area contributed by atoms with Gasteiger partial charge in [0.15, 0.2) is 11.6 Å². The second kappa shape index (κ2) is 7.09. The van der Waals surface area contributed by atoms with Crippen molar-refractivity contribution < 1.29 is 4.74 Å². The maximum atomic E-state index is 6.16. The van der Waals surface area contributed by atoms with Crippen molar-refractivity contribution in [1.82, 2.24) is 9.97 Å². The first-order valence-corrected chi connectivity index (χ1v) is 7.21. The molecule has 6 heteroatoms. The number of aromatic nitrogens is 2. The minimum absolute atomic E-state index is 0.108. The van der Waals surface area contributed by atoms with Crippen LogP contribution in [0.4, 0.5) is 23.0 Å². The van der Waals surface area contributed by atoms with E-state index in [1.54, 1.807) is 7.11 Å². The zero-order valence-corrected chi connectivity index (χ0v) is 13.5. The molecule has 0 amide bonds. The zero-order valence-electron chi connectivity index (χ0n) is 13.5. The summed E-state index contributed by atoms with van der Waals surface area (Å²) >= 11 is 0. The van der Waals surface area contributed by atoms with Crippen molar-refractivity contribution in [2.75, 3.05) is 30.1 Å². The molecule has 1 atom stereocenters. The quantitative estimate of drug-likeness (QED) is 0.760. The molecule has 0 radical (unpaired) electrons. The van der Waals surface area contributed by atoms with E-state index in [0.29, 0.717) is 23.9 Å². The van der Waals surface area contributed by atoms with Crippen LogP contribution in [0, 0.1) is 13.8 Å². The third-order valence-electron chi connectivity index (χ3n) is 3.32. The van der Waals surface area contributed by atoms with Gasteiger partial charge < -0.3 is 21.1 Å². The fourth-order valence-corrected chi connectivity index (χ4v) is 2.22. The Morgan fingerprint density at radius 3 is 2.64 bits per heavy atom. The Hall–Kier alpha value is -2.34. The molecule has 0 aliphatic carbocycles. The lowest BCUT2D eigenvalue weighted by Gasteiger charge is -2.17. The highest BCUT2D eigenvalue weighted by Gasteiger charge is 2.11. The van der Waals surface area contributed by atoms with Gasteiger partial charge in [0.05, 0.1) is 6.61 Å². The van der Waals surface area contributed by atoms with E-state index in [-0.39, 0.29) is 6.04 Å². The minimum Gasteiger partial charge on any atom is -0.393 e. The number of nitrogens with two attached hydrogens (primary N) is 1. The van der Waals surface area contributed by atoms with E-state index in [9.17, 15) is 0 Å². The van der Waals surface area contributed by atoms with Crippen LogP contribution in [0.2, 0.25) is 0 Å². The molecule has 6 nitrogen and oxygen atoms in total. The average molecular weight is 301 g/mol. The molecule has 0 aliphatic rings. The molecule has 22 heavy (non-hydrogen) atoms. The number of nitrogen functional groups attached to an aromatic ring is 1. The number of methoxy groups -OCH3 is 1. The molecule has 118 valence electrons. The molecule has 0 bridgehead atoms. The number of aryl methyl sites for hydroxylation is 2. The van der Waals surface area contributed by atoms with Crippen LogP contribution in [0.15, 0.2) is 24.5 Å². The summed E-state index contributed by atoms with van der Waals surface area (Å²) in [6.07, 6.45) is 1.49. The Labute approximate surface area is 131 Å². The SMILES string of the molecule is COCC(C)Nc1ncnc(Nc2ccc(C)cc2C)c1N. The number of rotatable bonds is 6. The standard InChI is InChI=1S/C16H23N5O/c1-10-5-6-13(11(2)7-10)21-16-14(17)15(18-9-19-16)20-12(3)8-22-4/h5-7,9,12H,8,17H2,1-4H3,(H2,18,19,20,21). The Morgan fingerprint density at radius 1 is 1.23 bits per heavy atom. The van der Waals surface area contributed by atoms with Gasteiger partial charge in [-0.3, -0.25) is 0 Å². The number of benzene rings is 1. The second-order valence-electron chi connectivity index (χ2n) is 5.43. The van der Waals surface area contributed by atoms with E-state index < -0.39 is 0 Å². The monoisotopic (exact) mass is 301 g/mol. The number of nitrogens with zero attached hydrogens (tertiary/aromatic N) is 2. The maximum Gasteiger partial charge on any atom is 0.159 e. The molecule has 1 aromatic heterocycles. The Kier molecular flexibility index (Phi) is 5.16. The molecule has 2 aromatic rings. The smallest absolute Gasteiger partial charge is 0.159 e. The first-order valence-electron chi connectivity index (χ1n) is 7.21. The summed E-state index contributed by atoms with van der Waals surface area (Å²) in [5.41, 5.74) is 9.99. The highest BCUT2D eigenvalue weighted by atomic mass is 16.5. The third kappa shape index (κ3) is 3.85. The van der Waals surface area contributed by atoms with Crippen molar-refractivity contribution >= 4 is 23.0 Å². The number of nitrogens with one attached hydrogen (secondary N) is 2. The van der Waals surface area contributed by atoms with Crippen molar-refractivity contribution in [2.24, 2.45) is 0 Å². The van der Waals surface area contributed by atoms with Crippen LogP contribution in [0.25, 0.3) is 0 Å². The molecule has 1 unspecified atom stereocenters. The van der Waals surface area contributed by atoms with Crippen LogP contribution in [0.5, 0.6) is 0 Å². The van der Waals surface area contributed by atoms with Crippen molar-refractivity contribution in [3.8, 4) is 0 Å². The molecule has 4 N–H and O–H groups in total. The van der Waals surface area contributed by atoms with E-state index in [0.717, 1.165) is 11.3 Å². The molecule has 1 aromatic carbocycles. The Morgan fingerprint density at radius 2 is 1.95 bits per heavy atom. The van der Waals surface area contributed by atoms with Crippen LogP contribution < -0.4 is 16.4 Å². The highest BCUT2D eigenvalue weighted by Crippen LogP contribution is 2.27. The molecular weight excluding hydrogens is 278 g/mol. The lowest BCUT2D eigenvalue weighted by atomic mass is 10.1. The first kappa shape index (κ1) is 16.0. The van der Waals surface area contributed by atoms with Gasteiger partial charge in [0, 0.05) is 18.8 Å². The Balaban J connectivity index is 2.21. The van der Waals surface area contributed by atoms with E-state index >= 15 is 0 Å². The summed E-state index contributed by atoms with van der Waals surface area (Å²) in [5, 5.41) is 6.49. The van der Waals surface area contributed by atoms with Gasteiger partial charge in [0.2, 0.25) is 0 Å². The fourth-order valence-electron chi connectivity index (χ4n) is 2.22. The van der Waals surface area contributed by atoms with Gasteiger partial charge in [0.1, 0.15) is 12.0 Å². The minimum atomic E-state index is 0.108. The van der Waals surface area contributed by atoms with Crippen molar-refractivity contribution in [1.29, 1.82) is 0 Å². The van der Waals surface area contributed by atoms with Gasteiger partial charge in [-0.25, -0.2) is 9.97 Å². The molecule has 0 saturated heterocycles. The van der Waals surface area contributed by atoms with Gasteiger partial charge in [-0.05, 0) is 32.4 Å². The van der Waals surface area contributed by atoms with E-state index in [4.69, 9.17) is 10.5 Å². The van der Waals surface area contributed by atoms with E-state index in [1.165, 1.54) is 11.9 Å². The van der Waals surface area contributed by atoms with Gasteiger partial charge in [0.25, 0.3) is 0 Å². The van der Waals surface area contributed by atoms with Crippen LogP contribution in [-0.4, -0.2) is 29.7 Å². The number of anilines is 4. The van der Waals surface area contributed by atoms with E-state index in [2.05, 4.69) is 33.6 Å². The lowest BCUT2D eigenvalue weighted by Crippen LogP contribution is -2.22. The molecular formula is C16H23N5O. The van der Waals surface area contributed by atoms with E-state index in [1.807, 2.05) is 26.0 Å². The number of ether oxygens (including phenoxy) is 1. The van der Waals surface area contributed by atoms with Gasteiger partial charge in [-0.2, -0.15) is 0 Å². The van der Waals surface area contributed by atoms with Gasteiger partial charge in [-0.1, -0.05) is 17.7 Å². The highest BCUT2D eigenvalue weighted by molar-refractivity contribution is 5.78. The number of hydrogen-bond donors (Lipinski definition) is 3.